The topological polar surface area (TPSA) is 135 Å². The van der Waals surface area contributed by atoms with Gasteiger partial charge in [0.05, 0.1) is 47.6 Å². The minimum Gasteiger partial charge on any atom is -0.493 e. The van der Waals surface area contributed by atoms with E-state index in [0.29, 0.717) is 58.1 Å². The number of methoxy groups -OCH3 is 2. The smallest absolute Gasteiger partial charge is 0.338 e. The molecule has 5 rings (SSSR count). The van der Waals surface area contributed by atoms with Crippen LogP contribution in [0.3, 0.4) is 0 Å². The molecule has 0 amide bonds. The zero-order chi connectivity index (χ0) is 31.0. The molecule has 0 saturated carbocycles. The molecule has 0 saturated heterocycles. The molecule has 3 heterocycles. The molecule has 1 aliphatic heterocycles. The number of hydrogen-bond acceptors (Lipinski definition) is 10. The third-order valence-corrected chi connectivity index (χ3v) is 8.97. The third kappa shape index (κ3) is 5.69. The number of hydrogen-bond donors (Lipinski definition) is 0. The van der Waals surface area contributed by atoms with E-state index in [-0.39, 0.29) is 23.4 Å². The summed E-state index contributed by atoms with van der Waals surface area (Å²) >= 11 is 8.10. The fourth-order valence-corrected chi connectivity index (χ4v) is 6.81. The van der Waals surface area contributed by atoms with Gasteiger partial charge >= 0.3 is 5.97 Å². The molecule has 0 radical (unpaired) electrons. The first kappa shape index (κ1) is 30.4. The largest absolute Gasteiger partial charge is 0.493 e. The Kier molecular flexibility index (Phi) is 8.71. The molecule has 43 heavy (non-hydrogen) atoms. The van der Waals surface area contributed by atoms with Gasteiger partial charge in [-0.1, -0.05) is 27.3 Å². The summed E-state index contributed by atoms with van der Waals surface area (Å²) in [4.78, 5) is 42.8. The van der Waals surface area contributed by atoms with Crippen molar-refractivity contribution in [1.29, 1.82) is 0 Å². The van der Waals surface area contributed by atoms with Crippen molar-refractivity contribution in [2.45, 2.75) is 19.9 Å². The van der Waals surface area contributed by atoms with E-state index < -0.39 is 16.9 Å². The minimum absolute atomic E-state index is 0.0586. The predicted octanol–water partition coefficient (Wildman–Crippen LogP) is 5.51. The quantitative estimate of drug-likeness (QED) is 0.132. The molecule has 0 N–H and O–H groups in total. The van der Waals surface area contributed by atoms with Gasteiger partial charge in [0.2, 0.25) is 0 Å². The highest BCUT2D eigenvalue weighted by atomic mass is 79.9. The number of halogens is 2. The van der Waals surface area contributed by atoms with Crippen molar-refractivity contribution in [3.05, 3.63) is 104 Å². The molecule has 222 valence electrons. The van der Waals surface area contributed by atoms with Crippen LogP contribution >= 0.6 is 43.2 Å². The molecule has 0 aliphatic carbocycles. The maximum absolute atomic E-state index is 14.0. The maximum atomic E-state index is 14.0. The van der Waals surface area contributed by atoms with Crippen LogP contribution in [-0.2, 0) is 9.53 Å². The average Bonchev–Trinajstić information content (AvgIpc) is 3.56. The summed E-state index contributed by atoms with van der Waals surface area (Å²) in [5.74, 6) is 1.14. The molecule has 2 aromatic carbocycles. The molecule has 0 spiro atoms. The van der Waals surface area contributed by atoms with Crippen molar-refractivity contribution in [2.75, 3.05) is 20.8 Å². The first-order valence-electron chi connectivity index (χ1n) is 12.7. The zero-order valence-electron chi connectivity index (χ0n) is 23.2. The Morgan fingerprint density at radius 1 is 1.14 bits per heavy atom. The number of aromatic nitrogens is 1. The van der Waals surface area contributed by atoms with Crippen LogP contribution in [0.25, 0.3) is 17.4 Å². The van der Waals surface area contributed by atoms with Gasteiger partial charge in [-0.05, 0) is 65.7 Å². The van der Waals surface area contributed by atoms with Crippen LogP contribution in [0.5, 0.6) is 11.5 Å². The monoisotopic (exact) mass is 731 g/mol. The van der Waals surface area contributed by atoms with Crippen molar-refractivity contribution < 1.29 is 28.3 Å². The van der Waals surface area contributed by atoms with E-state index in [2.05, 4.69) is 36.9 Å². The second-order valence-electron chi connectivity index (χ2n) is 9.15. The Morgan fingerprint density at radius 2 is 1.86 bits per heavy atom. The molecule has 4 aromatic rings. The van der Waals surface area contributed by atoms with E-state index >= 15 is 0 Å². The van der Waals surface area contributed by atoms with Gasteiger partial charge in [-0.2, -0.15) is 0 Å². The lowest BCUT2D eigenvalue weighted by Crippen LogP contribution is -2.40. The van der Waals surface area contributed by atoms with Gasteiger partial charge in [-0.3, -0.25) is 19.5 Å². The number of carbonyl (C=O) groups is 1. The Morgan fingerprint density at radius 3 is 2.51 bits per heavy atom. The Balaban J connectivity index is 1.66. The first-order chi connectivity index (χ1) is 20.6. The maximum Gasteiger partial charge on any atom is 0.338 e. The van der Waals surface area contributed by atoms with E-state index in [4.69, 9.17) is 18.6 Å². The highest BCUT2D eigenvalue weighted by Gasteiger charge is 2.35. The number of benzene rings is 2. The standard InChI is InChI=1S/C29H23Br2N3O8S/c1-5-41-28(36)25-14(2)32-29-33(26(25)18-12-22(39-3)23(40-4)13-20(18)31)27(35)24(43-29)11-16-7-9-21(42-16)17-8-6-15(34(37)38)10-19(17)30/h6-13,26H,5H2,1-4H3/b24-11+. The fraction of sp³-hybridized carbons (Fsp3) is 0.207. The lowest BCUT2D eigenvalue weighted by atomic mass is 9.95. The van der Waals surface area contributed by atoms with Crippen molar-refractivity contribution in [1.82, 2.24) is 4.57 Å². The van der Waals surface area contributed by atoms with E-state index in [1.165, 1.54) is 30.9 Å². The van der Waals surface area contributed by atoms with Crippen molar-refractivity contribution in [2.24, 2.45) is 4.99 Å². The van der Waals surface area contributed by atoms with Gasteiger partial charge in [-0.15, -0.1) is 0 Å². The summed E-state index contributed by atoms with van der Waals surface area (Å²) < 4.78 is 25.2. The van der Waals surface area contributed by atoms with Gasteiger partial charge in [0.15, 0.2) is 16.3 Å². The molecule has 1 unspecified atom stereocenters. The Hall–Kier alpha value is -4.01. The van der Waals surface area contributed by atoms with Crippen LogP contribution in [0.4, 0.5) is 5.69 Å². The van der Waals surface area contributed by atoms with Crippen LogP contribution < -0.4 is 24.4 Å². The van der Waals surface area contributed by atoms with E-state index in [1.54, 1.807) is 50.3 Å². The number of fused-ring (bicyclic) bond motifs is 1. The molecule has 11 nitrogen and oxygen atoms in total. The average molecular weight is 733 g/mol. The molecule has 0 bridgehead atoms. The van der Waals surface area contributed by atoms with Gasteiger partial charge in [0.1, 0.15) is 11.5 Å². The summed E-state index contributed by atoms with van der Waals surface area (Å²) in [7, 11) is 3.02. The third-order valence-electron chi connectivity index (χ3n) is 6.64. The summed E-state index contributed by atoms with van der Waals surface area (Å²) in [6, 6.07) is 10.3. The molecular weight excluding hydrogens is 710 g/mol. The molecule has 0 fully saturated rings. The lowest BCUT2D eigenvalue weighted by Gasteiger charge is -2.26. The lowest BCUT2D eigenvalue weighted by molar-refractivity contribution is -0.384. The van der Waals surface area contributed by atoms with Crippen LogP contribution in [0.1, 0.15) is 31.2 Å². The summed E-state index contributed by atoms with van der Waals surface area (Å²) in [5.41, 5.74) is 1.37. The number of carbonyl (C=O) groups excluding carboxylic acids is 1. The molecule has 2 aromatic heterocycles. The van der Waals surface area contributed by atoms with Crippen LogP contribution in [0, 0.1) is 10.1 Å². The number of furan rings is 1. The minimum atomic E-state index is -0.880. The van der Waals surface area contributed by atoms with Crippen molar-refractivity contribution in [3.63, 3.8) is 0 Å². The van der Waals surface area contributed by atoms with Gasteiger partial charge in [-0.25, -0.2) is 9.79 Å². The second kappa shape index (κ2) is 12.3. The van der Waals surface area contributed by atoms with Crippen LogP contribution in [-0.4, -0.2) is 36.3 Å². The van der Waals surface area contributed by atoms with Crippen LogP contribution in [0.15, 0.2) is 76.9 Å². The molecule has 1 aliphatic rings. The highest BCUT2D eigenvalue weighted by molar-refractivity contribution is 9.10. The van der Waals surface area contributed by atoms with Gasteiger partial charge < -0.3 is 18.6 Å². The number of nitrogens with zero attached hydrogens (tertiary/aromatic N) is 3. The number of thiazole rings is 1. The second-order valence-corrected chi connectivity index (χ2v) is 11.9. The molecule has 1 atom stereocenters. The number of ether oxygens (including phenoxy) is 3. The normalized spacial score (nSPS) is 14.7. The predicted molar refractivity (Wildman–Crippen MR) is 166 cm³/mol. The van der Waals surface area contributed by atoms with Crippen molar-refractivity contribution in [3.8, 4) is 22.8 Å². The zero-order valence-corrected chi connectivity index (χ0v) is 27.2. The SMILES string of the molecule is CCOC(=O)C1=C(C)N=c2s/c(=C/c3ccc(-c4ccc([N+](=O)[O-])cc4Br)o3)c(=O)n2C1c1cc(OC)c(OC)cc1Br. The van der Waals surface area contributed by atoms with Crippen LogP contribution in [0.2, 0.25) is 0 Å². The fourth-order valence-electron chi connectivity index (χ4n) is 4.69. The molecular formula is C29H23Br2N3O8S. The number of nitro benzene ring substituents is 1. The van der Waals surface area contributed by atoms with E-state index in [9.17, 15) is 19.7 Å². The number of nitro groups is 1. The van der Waals surface area contributed by atoms with E-state index in [1.807, 2.05) is 0 Å². The van der Waals surface area contributed by atoms with Crippen molar-refractivity contribution >= 4 is 60.9 Å². The van der Waals surface area contributed by atoms with Gasteiger partial charge in [0, 0.05) is 32.7 Å². The Bertz CT molecular complexity index is 1990. The number of allylic oxidation sites excluding steroid dienone is 1. The van der Waals surface area contributed by atoms with E-state index in [0.717, 1.165) is 11.3 Å². The van der Waals surface area contributed by atoms with Gasteiger partial charge in [0.25, 0.3) is 11.2 Å². The molecule has 14 heteroatoms. The number of esters is 1. The first-order valence-corrected chi connectivity index (χ1v) is 15.1. The summed E-state index contributed by atoms with van der Waals surface area (Å²) in [5, 5.41) is 11.1. The summed E-state index contributed by atoms with van der Waals surface area (Å²) in [6.07, 6.45) is 1.59. The summed E-state index contributed by atoms with van der Waals surface area (Å²) in [6.45, 7) is 3.55. The number of rotatable bonds is 8. The Labute approximate surface area is 265 Å². The number of non-ortho nitro benzene ring substituents is 1. The highest BCUT2D eigenvalue weighted by Crippen LogP contribution is 2.41.